The van der Waals surface area contributed by atoms with Gasteiger partial charge in [-0.25, -0.2) is 0 Å². The average Bonchev–Trinajstić information content (AvgIpc) is 2.88. The quantitative estimate of drug-likeness (QED) is 0.239. The Morgan fingerprint density at radius 2 is 2.30 bits per heavy atom. The minimum Gasteiger partial charge on any atom is -0.409 e. The molecule has 2 rings (SSSR count). The zero-order valence-electron chi connectivity index (χ0n) is 11.5. The van der Waals surface area contributed by atoms with Crippen LogP contribution in [0, 0.1) is 0 Å². The van der Waals surface area contributed by atoms with Crippen molar-refractivity contribution >= 4 is 5.84 Å². The molecule has 0 unspecified atom stereocenters. The molecular formula is C14H19N5O. The van der Waals surface area contributed by atoms with Gasteiger partial charge in [0.15, 0.2) is 5.84 Å². The highest BCUT2D eigenvalue weighted by Crippen LogP contribution is 2.05. The van der Waals surface area contributed by atoms with Crippen molar-refractivity contribution < 1.29 is 5.21 Å². The van der Waals surface area contributed by atoms with Gasteiger partial charge in [0.05, 0.1) is 5.69 Å². The Labute approximate surface area is 117 Å². The van der Waals surface area contributed by atoms with Gasteiger partial charge in [-0.2, -0.15) is 5.10 Å². The predicted molar refractivity (Wildman–Crippen MR) is 77.6 cm³/mol. The summed E-state index contributed by atoms with van der Waals surface area (Å²) < 4.78 is 1.80. The third kappa shape index (κ3) is 3.83. The van der Waals surface area contributed by atoms with Crippen molar-refractivity contribution in [2.24, 2.45) is 17.9 Å². The number of hydrogen-bond acceptors (Lipinski definition) is 4. The molecule has 6 nitrogen and oxygen atoms in total. The summed E-state index contributed by atoms with van der Waals surface area (Å²) in [6, 6.07) is 9.63. The van der Waals surface area contributed by atoms with Gasteiger partial charge in [-0.1, -0.05) is 23.4 Å². The fourth-order valence-corrected chi connectivity index (χ4v) is 1.94. The van der Waals surface area contributed by atoms with Crippen LogP contribution >= 0.6 is 0 Å². The van der Waals surface area contributed by atoms with Crippen molar-refractivity contribution in [2.45, 2.75) is 13.0 Å². The Hall–Kier alpha value is -2.34. The highest BCUT2D eigenvalue weighted by atomic mass is 16.4. The molecule has 2 aromatic rings. The van der Waals surface area contributed by atoms with Gasteiger partial charge in [0.1, 0.15) is 0 Å². The Morgan fingerprint density at radius 1 is 1.45 bits per heavy atom. The van der Waals surface area contributed by atoms with Gasteiger partial charge in [0.2, 0.25) is 0 Å². The summed E-state index contributed by atoms with van der Waals surface area (Å²) in [5.74, 6) is 0.125. The Kier molecular flexibility index (Phi) is 4.73. The molecule has 0 amide bonds. The second-order valence-electron chi connectivity index (χ2n) is 4.59. The molecule has 1 aromatic carbocycles. The number of amidine groups is 1. The highest BCUT2D eigenvalue weighted by molar-refractivity contribution is 5.97. The summed E-state index contributed by atoms with van der Waals surface area (Å²) in [7, 11) is 1.91. The van der Waals surface area contributed by atoms with E-state index in [0.29, 0.717) is 0 Å². The predicted octanol–water partition coefficient (Wildman–Crippen LogP) is 0.847. The number of aromatic nitrogens is 2. The molecule has 0 radical (unpaired) electrons. The average molecular weight is 273 g/mol. The van der Waals surface area contributed by atoms with E-state index in [4.69, 9.17) is 10.9 Å². The largest absolute Gasteiger partial charge is 0.409 e. The van der Waals surface area contributed by atoms with E-state index in [2.05, 4.69) is 15.6 Å². The lowest BCUT2D eigenvalue weighted by Crippen LogP contribution is -2.18. The molecule has 0 saturated carbocycles. The first-order valence-electron chi connectivity index (χ1n) is 6.45. The van der Waals surface area contributed by atoms with Crippen LogP contribution in [0.4, 0.5) is 0 Å². The Bertz CT molecular complexity index is 591. The molecule has 0 saturated heterocycles. The first-order valence-corrected chi connectivity index (χ1v) is 6.45. The molecule has 20 heavy (non-hydrogen) atoms. The summed E-state index contributed by atoms with van der Waals surface area (Å²) >= 11 is 0. The van der Waals surface area contributed by atoms with Crippen molar-refractivity contribution in [3.8, 4) is 0 Å². The maximum atomic E-state index is 8.66. The molecule has 0 aliphatic heterocycles. The molecule has 0 atom stereocenters. The first kappa shape index (κ1) is 14.1. The maximum Gasteiger partial charge on any atom is 0.170 e. The lowest BCUT2D eigenvalue weighted by Gasteiger charge is -2.06. The van der Waals surface area contributed by atoms with Crippen molar-refractivity contribution in [1.29, 1.82) is 0 Å². The summed E-state index contributed by atoms with van der Waals surface area (Å²) in [4.78, 5) is 0. The molecule has 0 aliphatic rings. The summed E-state index contributed by atoms with van der Waals surface area (Å²) in [6.45, 7) is 1.59. The Morgan fingerprint density at radius 3 is 3.00 bits per heavy atom. The van der Waals surface area contributed by atoms with Gasteiger partial charge in [0.25, 0.3) is 0 Å². The summed E-state index contributed by atoms with van der Waals surface area (Å²) in [5.41, 5.74) is 8.45. The second-order valence-corrected chi connectivity index (χ2v) is 4.59. The van der Waals surface area contributed by atoms with Crippen LogP contribution in [-0.4, -0.2) is 27.4 Å². The van der Waals surface area contributed by atoms with Crippen LogP contribution in [0.5, 0.6) is 0 Å². The maximum absolute atomic E-state index is 8.66. The molecule has 106 valence electrons. The lowest BCUT2D eigenvalue weighted by molar-refractivity contribution is 0.318. The summed E-state index contributed by atoms with van der Waals surface area (Å²) in [6.07, 6.45) is 2.83. The number of hydrogen-bond donors (Lipinski definition) is 3. The Balaban J connectivity index is 1.82. The number of aryl methyl sites for hydroxylation is 1. The second kappa shape index (κ2) is 6.72. The number of nitrogens with two attached hydrogens (primary N) is 1. The van der Waals surface area contributed by atoms with Crippen LogP contribution < -0.4 is 11.1 Å². The third-order valence-electron chi connectivity index (χ3n) is 2.99. The topological polar surface area (TPSA) is 88.5 Å². The standard InChI is InChI=1S/C14H19N5O/c1-19-8-6-13(17-19)5-7-16-10-11-3-2-4-12(9-11)14(15)18-20/h2-4,6,8-9,16,20H,5,7,10H2,1H3,(H2,15,18). The van der Waals surface area contributed by atoms with Gasteiger partial charge >= 0.3 is 0 Å². The van der Waals surface area contributed by atoms with Crippen LogP contribution in [0.15, 0.2) is 41.7 Å². The number of benzene rings is 1. The zero-order valence-corrected chi connectivity index (χ0v) is 11.5. The van der Waals surface area contributed by atoms with Crippen LogP contribution in [0.25, 0.3) is 0 Å². The minimum atomic E-state index is 0.125. The van der Waals surface area contributed by atoms with Crippen LogP contribution in [-0.2, 0) is 20.0 Å². The smallest absolute Gasteiger partial charge is 0.170 e. The van der Waals surface area contributed by atoms with Crippen molar-refractivity contribution in [1.82, 2.24) is 15.1 Å². The van der Waals surface area contributed by atoms with Crippen LogP contribution in [0.1, 0.15) is 16.8 Å². The van der Waals surface area contributed by atoms with Gasteiger partial charge in [-0.05, 0) is 17.7 Å². The van der Waals surface area contributed by atoms with E-state index < -0.39 is 0 Å². The van der Waals surface area contributed by atoms with E-state index in [-0.39, 0.29) is 5.84 Å². The number of rotatable bonds is 6. The highest BCUT2D eigenvalue weighted by Gasteiger charge is 2.01. The minimum absolute atomic E-state index is 0.125. The monoisotopic (exact) mass is 273 g/mol. The first-order chi connectivity index (χ1) is 9.69. The normalized spacial score (nSPS) is 11.8. The van der Waals surface area contributed by atoms with Crippen LogP contribution in [0.3, 0.4) is 0 Å². The molecule has 0 fully saturated rings. The van der Waals surface area contributed by atoms with E-state index in [9.17, 15) is 0 Å². The van der Waals surface area contributed by atoms with Gasteiger partial charge < -0.3 is 16.3 Å². The van der Waals surface area contributed by atoms with E-state index >= 15 is 0 Å². The van der Waals surface area contributed by atoms with Crippen molar-refractivity contribution in [3.05, 3.63) is 53.3 Å². The van der Waals surface area contributed by atoms with Crippen molar-refractivity contribution in [2.75, 3.05) is 6.54 Å². The van der Waals surface area contributed by atoms with Gasteiger partial charge in [-0.3, -0.25) is 4.68 Å². The lowest BCUT2D eigenvalue weighted by atomic mass is 10.1. The molecule has 0 spiro atoms. The number of nitrogens with zero attached hydrogens (tertiary/aromatic N) is 3. The van der Waals surface area contributed by atoms with E-state index in [0.717, 1.165) is 36.3 Å². The zero-order chi connectivity index (χ0) is 14.4. The number of oxime groups is 1. The third-order valence-corrected chi connectivity index (χ3v) is 2.99. The summed E-state index contributed by atoms with van der Waals surface area (Å²) in [5, 5.41) is 19.3. The van der Waals surface area contributed by atoms with Crippen molar-refractivity contribution in [3.63, 3.8) is 0 Å². The van der Waals surface area contributed by atoms with Crippen LogP contribution in [0.2, 0.25) is 0 Å². The van der Waals surface area contributed by atoms with Gasteiger partial charge in [-0.15, -0.1) is 0 Å². The SMILES string of the molecule is Cn1ccc(CCNCc2cccc(/C(N)=N/O)c2)n1. The molecule has 0 aliphatic carbocycles. The van der Waals surface area contributed by atoms with Gasteiger partial charge in [0, 0.05) is 38.3 Å². The molecule has 1 heterocycles. The molecule has 6 heteroatoms. The molecule has 1 aromatic heterocycles. The van der Waals surface area contributed by atoms with E-state index in [1.165, 1.54) is 0 Å². The molecule has 4 N–H and O–H groups in total. The fraction of sp³-hybridized carbons (Fsp3) is 0.286. The number of nitrogens with one attached hydrogen (secondary N) is 1. The van der Waals surface area contributed by atoms with E-state index in [1.54, 1.807) is 4.68 Å². The molecular weight excluding hydrogens is 254 g/mol. The van der Waals surface area contributed by atoms with E-state index in [1.807, 2.05) is 43.6 Å². The fourth-order valence-electron chi connectivity index (χ4n) is 1.94. The molecule has 0 bridgehead atoms.